The van der Waals surface area contributed by atoms with Gasteiger partial charge in [-0.05, 0) is 72.0 Å². The molecule has 1 aliphatic rings. The van der Waals surface area contributed by atoms with E-state index in [0.29, 0.717) is 11.6 Å². The lowest BCUT2D eigenvalue weighted by Gasteiger charge is -2.38. The molecule has 1 fully saturated rings. The summed E-state index contributed by atoms with van der Waals surface area (Å²) < 4.78 is 0. The molecule has 204 valence electrons. The minimum Gasteiger partial charge on any atom is -0.345 e. The summed E-state index contributed by atoms with van der Waals surface area (Å²) >= 11 is 6.04. The van der Waals surface area contributed by atoms with Crippen molar-refractivity contribution in [2.24, 2.45) is 0 Å². The smallest absolute Gasteiger partial charge is 0.247 e. The van der Waals surface area contributed by atoms with E-state index in [0.717, 1.165) is 55.0 Å². The third-order valence-corrected chi connectivity index (χ3v) is 7.80. The molecule has 2 heterocycles. The Morgan fingerprint density at radius 1 is 0.875 bits per heavy atom. The molecular formula is C34H35ClN4O. The molecule has 5 rings (SSSR count). The van der Waals surface area contributed by atoms with Gasteiger partial charge in [-0.15, -0.1) is 0 Å². The predicted octanol–water partition coefficient (Wildman–Crippen LogP) is 7.21. The minimum atomic E-state index is 0.0365. The predicted molar refractivity (Wildman–Crippen MR) is 165 cm³/mol. The van der Waals surface area contributed by atoms with Gasteiger partial charge in [-0.2, -0.15) is 0 Å². The van der Waals surface area contributed by atoms with E-state index in [1.165, 1.54) is 5.56 Å². The number of halogens is 1. The quantitative estimate of drug-likeness (QED) is 0.206. The largest absolute Gasteiger partial charge is 0.345 e. The molecule has 1 saturated heterocycles. The number of pyridine rings is 1. The Bertz CT molecular complexity index is 1380. The summed E-state index contributed by atoms with van der Waals surface area (Å²) in [6, 6.07) is 30.8. The number of aromatic nitrogens is 1. The molecule has 1 amide bonds. The highest BCUT2D eigenvalue weighted by atomic mass is 35.5. The Morgan fingerprint density at radius 2 is 1.52 bits per heavy atom. The fraction of sp³-hybridized carbons (Fsp3) is 0.235. The van der Waals surface area contributed by atoms with Crippen LogP contribution in [0.3, 0.4) is 0 Å². The summed E-state index contributed by atoms with van der Waals surface area (Å²) in [5.74, 6) is 0.0365. The topological polar surface area (TPSA) is 39.7 Å². The van der Waals surface area contributed by atoms with Gasteiger partial charge in [0.1, 0.15) is 0 Å². The number of anilines is 2. The highest BCUT2D eigenvalue weighted by molar-refractivity contribution is 6.30. The first-order valence-electron chi connectivity index (χ1n) is 13.8. The maximum absolute atomic E-state index is 13.6. The first-order valence-corrected chi connectivity index (χ1v) is 14.2. The molecule has 40 heavy (non-hydrogen) atoms. The molecule has 5 nitrogen and oxygen atoms in total. The van der Waals surface area contributed by atoms with Gasteiger partial charge < -0.3 is 9.80 Å². The van der Waals surface area contributed by atoms with Crippen LogP contribution >= 0.6 is 11.6 Å². The molecule has 0 unspecified atom stereocenters. The lowest BCUT2D eigenvalue weighted by atomic mass is 10.0. The number of hydrogen-bond acceptors (Lipinski definition) is 4. The summed E-state index contributed by atoms with van der Waals surface area (Å²) in [4.78, 5) is 24.4. The standard InChI is InChI=1S/C34H35ClN4O/c1-37(32-17-21-36-22-18-32)31-14-9-29(10-15-31)26-39(34(40)16-11-27-7-12-30(35)13-8-27)33-19-23-38(24-20-33)25-28-5-3-2-4-6-28/h2-18,21-22,33H,19-20,23-26H2,1H3. The number of likely N-dealkylation sites (tertiary alicyclic amines) is 1. The molecule has 0 radical (unpaired) electrons. The maximum Gasteiger partial charge on any atom is 0.247 e. The summed E-state index contributed by atoms with van der Waals surface area (Å²) in [5, 5.41) is 0.686. The second kappa shape index (κ2) is 13.4. The molecule has 1 aliphatic heterocycles. The van der Waals surface area contributed by atoms with Gasteiger partial charge in [0.15, 0.2) is 0 Å². The average Bonchev–Trinajstić information content (AvgIpc) is 3.01. The number of amides is 1. The molecule has 0 bridgehead atoms. The number of nitrogens with zero attached hydrogens (tertiary/aromatic N) is 4. The van der Waals surface area contributed by atoms with Crippen molar-refractivity contribution in [2.75, 3.05) is 25.0 Å². The Hall–Kier alpha value is -3.93. The van der Waals surface area contributed by atoms with Crippen LogP contribution in [0.25, 0.3) is 6.08 Å². The van der Waals surface area contributed by atoms with E-state index in [1.807, 2.05) is 54.4 Å². The van der Waals surface area contributed by atoms with Gasteiger partial charge in [-0.3, -0.25) is 14.7 Å². The third-order valence-electron chi connectivity index (χ3n) is 7.54. The lowest BCUT2D eigenvalue weighted by molar-refractivity contribution is -0.130. The summed E-state index contributed by atoms with van der Waals surface area (Å²) in [5.41, 5.74) is 5.57. The molecular weight excluding hydrogens is 516 g/mol. The van der Waals surface area contributed by atoms with E-state index in [4.69, 9.17) is 11.6 Å². The van der Waals surface area contributed by atoms with Gasteiger partial charge in [0.2, 0.25) is 5.91 Å². The number of carbonyl (C=O) groups excluding carboxylic acids is 1. The Labute approximate surface area is 242 Å². The number of piperidine rings is 1. The second-order valence-corrected chi connectivity index (χ2v) is 10.7. The van der Waals surface area contributed by atoms with Crippen LogP contribution in [0.4, 0.5) is 11.4 Å². The molecule has 1 aromatic heterocycles. The van der Waals surface area contributed by atoms with Crippen molar-refractivity contribution in [3.8, 4) is 0 Å². The molecule has 0 N–H and O–H groups in total. The number of benzene rings is 3. The Morgan fingerprint density at radius 3 is 2.20 bits per heavy atom. The molecule has 0 saturated carbocycles. The zero-order valence-electron chi connectivity index (χ0n) is 22.9. The Kier molecular flexibility index (Phi) is 9.27. The fourth-order valence-corrected chi connectivity index (χ4v) is 5.32. The number of carbonyl (C=O) groups is 1. The van der Waals surface area contributed by atoms with Gasteiger partial charge in [-0.1, -0.05) is 66.2 Å². The van der Waals surface area contributed by atoms with Crippen LogP contribution in [0.1, 0.15) is 29.5 Å². The molecule has 0 spiro atoms. The normalized spacial score (nSPS) is 14.3. The van der Waals surface area contributed by atoms with Crippen molar-refractivity contribution in [3.63, 3.8) is 0 Å². The van der Waals surface area contributed by atoms with E-state index in [2.05, 4.69) is 69.4 Å². The molecule has 3 aromatic carbocycles. The van der Waals surface area contributed by atoms with Gasteiger partial charge in [0, 0.05) is 74.1 Å². The average molecular weight is 551 g/mol. The number of hydrogen-bond donors (Lipinski definition) is 0. The van der Waals surface area contributed by atoms with Gasteiger partial charge >= 0.3 is 0 Å². The second-order valence-electron chi connectivity index (χ2n) is 10.3. The van der Waals surface area contributed by atoms with Gasteiger partial charge in [-0.25, -0.2) is 0 Å². The number of rotatable bonds is 9. The maximum atomic E-state index is 13.6. The fourth-order valence-electron chi connectivity index (χ4n) is 5.19. The van der Waals surface area contributed by atoms with Gasteiger partial charge in [0.05, 0.1) is 0 Å². The van der Waals surface area contributed by atoms with Crippen LogP contribution in [-0.4, -0.2) is 46.9 Å². The third kappa shape index (κ3) is 7.38. The zero-order chi connectivity index (χ0) is 27.7. The van der Waals surface area contributed by atoms with Crippen molar-refractivity contribution in [2.45, 2.75) is 32.0 Å². The van der Waals surface area contributed by atoms with Crippen LogP contribution in [-0.2, 0) is 17.9 Å². The lowest BCUT2D eigenvalue weighted by Crippen LogP contribution is -2.46. The summed E-state index contributed by atoms with van der Waals surface area (Å²) in [6.07, 6.45) is 9.08. The van der Waals surface area contributed by atoms with E-state index >= 15 is 0 Å². The SMILES string of the molecule is CN(c1ccncc1)c1ccc(CN(C(=O)C=Cc2ccc(Cl)cc2)C2CCN(Cc3ccccc3)CC2)cc1. The van der Waals surface area contributed by atoms with E-state index < -0.39 is 0 Å². The summed E-state index contributed by atoms with van der Waals surface area (Å²) in [6.45, 7) is 3.47. The molecule has 0 atom stereocenters. The molecule has 6 heteroatoms. The van der Waals surface area contributed by atoms with E-state index in [-0.39, 0.29) is 11.9 Å². The first kappa shape index (κ1) is 27.6. The van der Waals surface area contributed by atoms with Crippen molar-refractivity contribution < 1.29 is 4.79 Å². The van der Waals surface area contributed by atoms with Crippen molar-refractivity contribution in [1.29, 1.82) is 0 Å². The van der Waals surface area contributed by atoms with Crippen LogP contribution in [0.5, 0.6) is 0 Å². The summed E-state index contributed by atoms with van der Waals surface area (Å²) in [7, 11) is 2.05. The highest BCUT2D eigenvalue weighted by Crippen LogP contribution is 2.25. The minimum absolute atomic E-state index is 0.0365. The first-order chi connectivity index (χ1) is 19.5. The van der Waals surface area contributed by atoms with Crippen LogP contribution in [0, 0.1) is 0 Å². The van der Waals surface area contributed by atoms with Crippen LogP contribution < -0.4 is 4.90 Å². The van der Waals surface area contributed by atoms with Crippen molar-refractivity contribution in [3.05, 3.63) is 131 Å². The van der Waals surface area contributed by atoms with Crippen LogP contribution in [0.15, 0.2) is 109 Å². The monoisotopic (exact) mass is 550 g/mol. The van der Waals surface area contributed by atoms with Gasteiger partial charge in [0.25, 0.3) is 0 Å². The van der Waals surface area contributed by atoms with Crippen molar-refractivity contribution >= 4 is 35.0 Å². The van der Waals surface area contributed by atoms with E-state index in [9.17, 15) is 4.79 Å². The molecule has 4 aromatic rings. The van der Waals surface area contributed by atoms with E-state index in [1.54, 1.807) is 18.5 Å². The Balaban J connectivity index is 1.29. The molecule has 0 aliphatic carbocycles. The zero-order valence-corrected chi connectivity index (χ0v) is 23.6. The highest BCUT2D eigenvalue weighted by Gasteiger charge is 2.27. The van der Waals surface area contributed by atoms with Crippen molar-refractivity contribution in [1.82, 2.24) is 14.8 Å². The van der Waals surface area contributed by atoms with Crippen LogP contribution in [0.2, 0.25) is 5.02 Å².